The molecule has 0 unspecified atom stereocenters. The second-order valence-electron chi connectivity index (χ2n) is 6.70. The fraction of sp³-hybridized carbons (Fsp3) is 0.333. The van der Waals surface area contributed by atoms with Gasteiger partial charge in [0, 0.05) is 58.5 Å². The van der Waals surface area contributed by atoms with Gasteiger partial charge < -0.3 is 10.2 Å². The maximum atomic E-state index is 13.9. The molecule has 1 saturated heterocycles. The molecule has 31 heavy (non-hydrogen) atoms. The van der Waals surface area contributed by atoms with Crippen molar-refractivity contribution < 1.29 is 17.2 Å². The number of rotatable bonds is 4. The first-order chi connectivity index (χ1) is 14.8. The van der Waals surface area contributed by atoms with E-state index in [1.165, 1.54) is 18.2 Å². The number of benzene rings is 2. The molecule has 1 fully saturated rings. The van der Waals surface area contributed by atoms with Gasteiger partial charge in [-0.25, -0.2) is 21.2 Å². The summed E-state index contributed by atoms with van der Waals surface area (Å²) in [5.74, 6) is 0. The van der Waals surface area contributed by atoms with Gasteiger partial charge >= 0.3 is 0 Å². The summed E-state index contributed by atoms with van der Waals surface area (Å²) in [4.78, 5) is 1.93. The molecule has 2 heterocycles. The van der Waals surface area contributed by atoms with Gasteiger partial charge in [-0.2, -0.15) is 0 Å². The Balaban J connectivity index is 0.00000132. The number of piperazine rings is 1. The van der Waals surface area contributed by atoms with Crippen molar-refractivity contribution in [2.45, 2.75) is 25.2 Å². The molecule has 168 valence electrons. The van der Waals surface area contributed by atoms with E-state index in [4.69, 9.17) is 11.6 Å². The lowest BCUT2D eigenvalue weighted by Crippen LogP contribution is -2.43. The zero-order chi connectivity index (χ0) is 22.8. The van der Waals surface area contributed by atoms with Gasteiger partial charge in [0.2, 0.25) is 0 Å². The molecule has 1 aliphatic heterocycles. The number of anilines is 1. The van der Waals surface area contributed by atoms with Crippen LogP contribution in [0.2, 0.25) is 5.02 Å². The van der Waals surface area contributed by atoms with Crippen molar-refractivity contribution in [3.05, 3.63) is 57.7 Å². The van der Waals surface area contributed by atoms with E-state index >= 15 is 0 Å². The van der Waals surface area contributed by atoms with Gasteiger partial charge in [-0.15, -0.1) is 0 Å². The van der Waals surface area contributed by atoms with Crippen LogP contribution in [-0.2, 0) is 10.0 Å². The van der Waals surface area contributed by atoms with Crippen LogP contribution in [0.15, 0.2) is 52.0 Å². The highest BCUT2D eigenvalue weighted by atomic mass is 79.9. The highest BCUT2D eigenvalue weighted by Gasteiger charge is 2.28. The SMILES string of the molecule is CC.O=S(=O)(c1cccc(Cl)c1)n1cc(C(F)F)c2c(N3CCNCC3)cc(Br)cc21. The number of alkyl halides is 2. The van der Waals surface area contributed by atoms with Crippen LogP contribution in [0.1, 0.15) is 25.8 Å². The average molecular weight is 535 g/mol. The van der Waals surface area contributed by atoms with Crippen LogP contribution in [0.3, 0.4) is 0 Å². The maximum absolute atomic E-state index is 13.9. The quantitative estimate of drug-likeness (QED) is 0.469. The number of halogens is 4. The number of aromatic nitrogens is 1. The zero-order valence-corrected chi connectivity index (χ0v) is 20.2. The lowest BCUT2D eigenvalue weighted by molar-refractivity contribution is 0.153. The standard InChI is InChI=1S/C19H17BrClF2N3O2S.C2H6/c20-12-8-16(25-6-4-24-5-7-25)18-15(19(22)23)11-26(17(18)9-12)29(27,28)14-3-1-2-13(21)10-14;1-2/h1-3,8-11,19,24H,4-7H2;1-2H3. The highest BCUT2D eigenvalue weighted by Crippen LogP contribution is 2.40. The molecule has 0 saturated carbocycles. The van der Waals surface area contributed by atoms with Gasteiger partial charge in [-0.1, -0.05) is 47.4 Å². The van der Waals surface area contributed by atoms with Crippen LogP contribution in [0.5, 0.6) is 0 Å². The molecule has 1 N–H and O–H groups in total. The van der Waals surface area contributed by atoms with E-state index in [-0.39, 0.29) is 26.4 Å². The molecule has 1 aliphatic rings. The van der Waals surface area contributed by atoms with Crippen LogP contribution in [0.25, 0.3) is 10.9 Å². The Morgan fingerprint density at radius 3 is 2.42 bits per heavy atom. The third-order valence-corrected chi connectivity index (χ3v) is 7.25. The zero-order valence-electron chi connectivity index (χ0n) is 17.1. The highest BCUT2D eigenvalue weighted by molar-refractivity contribution is 9.10. The van der Waals surface area contributed by atoms with Gasteiger partial charge in [0.25, 0.3) is 16.4 Å². The van der Waals surface area contributed by atoms with Gasteiger partial charge in [0.1, 0.15) is 0 Å². The van der Waals surface area contributed by atoms with E-state index < -0.39 is 16.4 Å². The average Bonchev–Trinajstić information content (AvgIpc) is 3.15. The van der Waals surface area contributed by atoms with Gasteiger partial charge in [-0.05, 0) is 30.3 Å². The van der Waals surface area contributed by atoms with Crippen LogP contribution >= 0.6 is 27.5 Å². The lowest BCUT2D eigenvalue weighted by Gasteiger charge is -2.30. The molecule has 2 aromatic carbocycles. The third-order valence-electron chi connectivity index (χ3n) is 4.89. The van der Waals surface area contributed by atoms with Crippen molar-refractivity contribution in [1.29, 1.82) is 0 Å². The first kappa shape index (κ1) is 24.0. The van der Waals surface area contributed by atoms with E-state index in [1.807, 2.05) is 18.7 Å². The molecule has 3 aromatic rings. The summed E-state index contributed by atoms with van der Waals surface area (Å²) in [5.41, 5.74) is 0.473. The maximum Gasteiger partial charge on any atom is 0.268 e. The predicted octanol–water partition coefficient (Wildman–Crippen LogP) is 5.67. The summed E-state index contributed by atoms with van der Waals surface area (Å²) in [5, 5.41) is 3.72. The Morgan fingerprint density at radius 1 is 1.13 bits per heavy atom. The predicted molar refractivity (Wildman–Crippen MR) is 125 cm³/mol. The monoisotopic (exact) mass is 533 g/mol. The van der Waals surface area contributed by atoms with Crippen LogP contribution in [0.4, 0.5) is 14.5 Å². The van der Waals surface area contributed by atoms with E-state index in [2.05, 4.69) is 21.2 Å². The van der Waals surface area contributed by atoms with Crippen LogP contribution < -0.4 is 10.2 Å². The lowest BCUT2D eigenvalue weighted by atomic mass is 10.1. The number of hydrogen-bond donors (Lipinski definition) is 1. The largest absolute Gasteiger partial charge is 0.368 e. The summed E-state index contributed by atoms with van der Waals surface area (Å²) in [6, 6.07) is 9.07. The Bertz CT molecular complexity index is 1180. The first-order valence-corrected chi connectivity index (χ1v) is 12.5. The van der Waals surface area contributed by atoms with E-state index in [0.29, 0.717) is 23.2 Å². The minimum atomic E-state index is -4.12. The van der Waals surface area contributed by atoms with E-state index in [9.17, 15) is 17.2 Å². The van der Waals surface area contributed by atoms with Crippen molar-refractivity contribution in [3.63, 3.8) is 0 Å². The fourth-order valence-corrected chi connectivity index (χ4v) is 5.67. The molecule has 1 aromatic heterocycles. The number of fused-ring (bicyclic) bond motifs is 1. The van der Waals surface area contributed by atoms with Crippen molar-refractivity contribution in [1.82, 2.24) is 9.29 Å². The summed E-state index contributed by atoms with van der Waals surface area (Å²) in [6.45, 7) is 6.72. The molecular formula is C21H23BrClF2N3O2S. The smallest absolute Gasteiger partial charge is 0.268 e. The van der Waals surface area contributed by atoms with Crippen LogP contribution in [0, 0.1) is 0 Å². The Morgan fingerprint density at radius 2 is 1.81 bits per heavy atom. The molecule has 5 nitrogen and oxygen atoms in total. The van der Waals surface area contributed by atoms with Crippen molar-refractivity contribution in [2.24, 2.45) is 0 Å². The van der Waals surface area contributed by atoms with Gasteiger partial charge in [0.15, 0.2) is 0 Å². The second kappa shape index (κ2) is 9.85. The minimum absolute atomic E-state index is 0.0635. The summed E-state index contributed by atoms with van der Waals surface area (Å²) < 4.78 is 55.9. The molecular weight excluding hydrogens is 512 g/mol. The van der Waals surface area contributed by atoms with E-state index in [0.717, 1.165) is 23.3 Å². The molecule has 0 aliphatic carbocycles. The second-order valence-corrected chi connectivity index (χ2v) is 9.87. The molecule has 4 rings (SSSR count). The fourth-order valence-electron chi connectivity index (χ4n) is 3.57. The van der Waals surface area contributed by atoms with Crippen molar-refractivity contribution in [2.75, 3.05) is 31.1 Å². The summed E-state index contributed by atoms with van der Waals surface area (Å²) in [6.07, 6.45) is -1.81. The van der Waals surface area contributed by atoms with Crippen LogP contribution in [-0.4, -0.2) is 38.6 Å². The summed E-state index contributed by atoms with van der Waals surface area (Å²) >= 11 is 9.36. The van der Waals surface area contributed by atoms with Gasteiger partial charge in [-0.3, -0.25) is 0 Å². The molecule has 0 amide bonds. The van der Waals surface area contributed by atoms with Gasteiger partial charge in [0.05, 0.1) is 10.4 Å². The van der Waals surface area contributed by atoms with Crippen molar-refractivity contribution >= 4 is 54.1 Å². The first-order valence-electron chi connectivity index (χ1n) is 9.88. The minimum Gasteiger partial charge on any atom is -0.368 e. The number of nitrogens with one attached hydrogen (secondary N) is 1. The molecule has 0 bridgehead atoms. The molecule has 0 spiro atoms. The molecule has 10 heteroatoms. The summed E-state index contributed by atoms with van der Waals surface area (Å²) in [7, 11) is -4.12. The Labute approximate surface area is 194 Å². The molecule has 0 atom stereocenters. The topological polar surface area (TPSA) is 54.3 Å². The van der Waals surface area contributed by atoms with Crippen molar-refractivity contribution in [3.8, 4) is 0 Å². The number of hydrogen-bond acceptors (Lipinski definition) is 4. The number of nitrogens with zero attached hydrogens (tertiary/aromatic N) is 2. The Hall–Kier alpha value is -1.68. The normalized spacial score (nSPS) is 14.6. The molecule has 0 radical (unpaired) electrons. The third kappa shape index (κ3) is 4.74. The Kier molecular flexibility index (Phi) is 7.62. The van der Waals surface area contributed by atoms with E-state index in [1.54, 1.807) is 18.2 Å².